The van der Waals surface area contributed by atoms with Gasteiger partial charge in [-0.25, -0.2) is 0 Å². The number of hydrogen-bond donors (Lipinski definition) is 2. The van der Waals surface area contributed by atoms with Crippen LogP contribution in [0.2, 0.25) is 0 Å². The molecule has 2 N–H and O–H groups in total. The Labute approximate surface area is 103 Å². The fourth-order valence-electron chi connectivity index (χ4n) is 1.63. The zero-order chi connectivity index (χ0) is 12.7. The van der Waals surface area contributed by atoms with E-state index >= 15 is 0 Å². The van der Waals surface area contributed by atoms with Crippen molar-refractivity contribution >= 4 is 0 Å². The van der Waals surface area contributed by atoms with Crippen molar-refractivity contribution in [2.75, 3.05) is 27.4 Å². The molecule has 0 radical (unpaired) electrons. The molecule has 17 heavy (non-hydrogen) atoms. The first-order chi connectivity index (χ1) is 8.16. The molecule has 0 heterocycles. The van der Waals surface area contributed by atoms with Crippen molar-refractivity contribution in [1.29, 1.82) is 0 Å². The molecule has 0 amide bonds. The minimum absolute atomic E-state index is 0.0111. The van der Waals surface area contributed by atoms with Gasteiger partial charge in [0.1, 0.15) is 0 Å². The van der Waals surface area contributed by atoms with Crippen LogP contribution < -0.4 is 5.32 Å². The maximum atomic E-state index is 9.55. The SMILES string of the molecule is COC(CNC(C)(CO)c1ccccc1)OC. The van der Waals surface area contributed by atoms with E-state index in [0.717, 1.165) is 5.56 Å². The van der Waals surface area contributed by atoms with E-state index in [9.17, 15) is 5.11 Å². The van der Waals surface area contributed by atoms with Gasteiger partial charge in [-0.2, -0.15) is 0 Å². The molecule has 0 fully saturated rings. The van der Waals surface area contributed by atoms with Crippen molar-refractivity contribution in [2.24, 2.45) is 0 Å². The van der Waals surface area contributed by atoms with E-state index in [4.69, 9.17) is 9.47 Å². The standard InChI is InChI=1S/C13H21NO3/c1-13(10-15,11-7-5-4-6-8-11)14-9-12(16-2)17-3/h4-8,12,14-15H,9-10H2,1-3H3. The first kappa shape index (κ1) is 14.1. The third kappa shape index (κ3) is 3.78. The summed E-state index contributed by atoms with van der Waals surface area (Å²) < 4.78 is 10.2. The number of benzene rings is 1. The first-order valence-corrected chi connectivity index (χ1v) is 5.63. The molecular formula is C13H21NO3. The summed E-state index contributed by atoms with van der Waals surface area (Å²) in [5, 5.41) is 12.8. The van der Waals surface area contributed by atoms with E-state index in [2.05, 4.69) is 5.32 Å². The second kappa shape index (κ2) is 6.71. The zero-order valence-corrected chi connectivity index (χ0v) is 10.6. The van der Waals surface area contributed by atoms with Crippen molar-refractivity contribution in [3.8, 4) is 0 Å². The maximum absolute atomic E-state index is 9.55. The van der Waals surface area contributed by atoms with Gasteiger partial charge in [0, 0.05) is 20.8 Å². The molecule has 96 valence electrons. The summed E-state index contributed by atoms with van der Waals surface area (Å²) in [6.07, 6.45) is -0.315. The molecule has 0 aliphatic rings. The van der Waals surface area contributed by atoms with Gasteiger partial charge >= 0.3 is 0 Å². The molecule has 0 aliphatic carbocycles. The largest absolute Gasteiger partial charge is 0.394 e. The summed E-state index contributed by atoms with van der Waals surface area (Å²) in [7, 11) is 3.18. The Morgan fingerprint density at radius 2 is 1.82 bits per heavy atom. The second-order valence-electron chi connectivity index (χ2n) is 4.14. The molecule has 1 unspecified atom stereocenters. The molecule has 0 bridgehead atoms. The zero-order valence-electron chi connectivity index (χ0n) is 10.6. The summed E-state index contributed by atoms with van der Waals surface area (Å²) >= 11 is 0. The smallest absolute Gasteiger partial charge is 0.169 e. The molecule has 0 saturated carbocycles. The minimum atomic E-state index is -0.490. The van der Waals surface area contributed by atoms with Gasteiger partial charge in [-0.15, -0.1) is 0 Å². The number of hydrogen-bond acceptors (Lipinski definition) is 4. The molecular weight excluding hydrogens is 218 g/mol. The van der Waals surface area contributed by atoms with Gasteiger partial charge in [0.25, 0.3) is 0 Å². The van der Waals surface area contributed by atoms with Crippen molar-refractivity contribution in [3.63, 3.8) is 0 Å². The number of nitrogens with one attached hydrogen (secondary N) is 1. The van der Waals surface area contributed by atoms with Crippen LogP contribution in [0.3, 0.4) is 0 Å². The van der Waals surface area contributed by atoms with E-state index < -0.39 is 5.54 Å². The van der Waals surface area contributed by atoms with Crippen LogP contribution >= 0.6 is 0 Å². The third-order valence-corrected chi connectivity index (χ3v) is 2.91. The Hall–Kier alpha value is -0.940. The maximum Gasteiger partial charge on any atom is 0.169 e. The van der Waals surface area contributed by atoms with Crippen LogP contribution in [0.15, 0.2) is 30.3 Å². The van der Waals surface area contributed by atoms with E-state index in [1.54, 1.807) is 14.2 Å². The fourth-order valence-corrected chi connectivity index (χ4v) is 1.63. The van der Waals surface area contributed by atoms with Crippen LogP contribution in [-0.2, 0) is 15.0 Å². The van der Waals surface area contributed by atoms with Gasteiger partial charge in [-0.3, -0.25) is 0 Å². The first-order valence-electron chi connectivity index (χ1n) is 5.63. The van der Waals surface area contributed by atoms with Crippen molar-refractivity contribution in [2.45, 2.75) is 18.8 Å². The highest BCUT2D eigenvalue weighted by Crippen LogP contribution is 2.19. The quantitative estimate of drug-likeness (QED) is 0.700. The van der Waals surface area contributed by atoms with Crippen molar-refractivity contribution < 1.29 is 14.6 Å². The monoisotopic (exact) mass is 239 g/mol. The number of aliphatic hydroxyl groups excluding tert-OH is 1. The molecule has 4 heteroatoms. The number of aliphatic hydroxyl groups is 1. The van der Waals surface area contributed by atoms with E-state index in [-0.39, 0.29) is 12.9 Å². The van der Waals surface area contributed by atoms with Crippen LogP contribution in [-0.4, -0.2) is 38.8 Å². The Bertz CT molecular complexity index is 314. The summed E-state index contributed by atoms with van der Waals surface area (Å²) in [5.41, 5.74) is 0.546. The van der Waals surface area contributed by atoms with Gasteiger partial charge in [0.15, 0.2) is 6.29 Å². The fraction of sp³-hybridized carbons (Fsp3) is 0.538. The topological polar surface area (TPSA) is 50.7 Å². The van der Waals surface area contributed by atoms with Gasteiger partial charge < -0.3 is 19.9 Å². The highest BCUT2D eigenvalue weighted by atomic mass is 16.7. The van der Waals surface area contributed by atoms with Crippen molar-refractivity contribution in [3.05, 3.63) is 35.9 Å². The average molecular weight is 239 g/mol. The lowest BCUT2D eigenvalue weighted by molar-refractivity contribution is -0.103. The summed E-state index contributed by atoms with van der Waals surface area (Å²) in [6.45, 7) is 2.47. The lowest BCUT2D eigenvalue weighted by Gasteiger charge is -2.31. The molecule has 1 atom stereocenters. The third-order valence-electron chi connectivity index (χ3n) is 2.91. The van der Waals surface area contributed by atoms with Crippen LogP contribution in [0, 0.1) is 0 Å². The summed E-state index contributed by atoms with van der Waals surface area (Å²) in [6, 6.07) is 9.83. The minimum Gasteiger partial charge on any atom is -0.394 e. The van der Waals surface area contributed by atoms with Crippen LogP contribution in [0.25, 0.3) is 0 Å². The van der Waals surface area contributed by atoms with E-state index in [1.165, 1.54) is 0 Å². The predicted molar refractivity (Wildman–Crippen MR) is 66.7 cm³/mol. The summed E-state index contributed by atoms with van der Waals surface area (Å²) in [4.78, 5) is 0. The highest BCUT2D eigenvalue weighted by Gasteiger charge is 2.25. The lowest BCUT2D eigenvalue weighted by atomic mass is 9.93. The summed E-state index contributed by atoms with van der Waals surface area (Å²) in [5.74, 6) is 0. The van der Waals surface area contributed by atoms with Gasteiger partial charge in [0.2, 0.25) is 0 Å². The van der Waals surface area contributed by atoms with Crippen LogP contribution in [0.5, 0.6) is 0 Å². The predicted octanol–water partition coefficient (Wildman–Crippen LogP) is 1.10. The lowest BCUT2D eigenvalue weighted by Crippen LogP contribution is -2.46. The number of methoxy groups -OCH3 is 2. The Morgan fingerprint density at radius 3 is 2.29 bits per heavy atom. The molecule has 1 aromatic carbocycles. The molecule has 1 aromatic rings. The number of rotatable bonds is 7. The van der Waals surface area contributed by atoms with Crippen LogP contribution in [0.1, 0.15) is 12.5 Å². The van der Waals surface area contributed by atoms with E-state index in [1.807, 2.05) is 37.3 Å². The Morgan fingerprint density at radius 1 is 1.24 bits per heavy atom. The van der Waals surface area contributed by atoms with Crippen LogP contribution in [0.4, 0.5) is 0 Å². The highest BCUT2D eigenvalue weighted by molar-refractivity contribution is 5.23. The molecule has 0 saturated heterocycles. The Balaban J connectivity index is 2.69. The van der Waals surface area contributed by atoms with Gasteiger partial charge in [0.05, 0.1) is 12.1 Å². The number of ether oxygens (including phenoxy) is 2. The molecule has 0 spiro atoms. The average Bonchev–Trinajstić information content (AvgIpc) is 2.40. The molecule has 0 aromatic heterocycles. The van der Waals surface area contributed by atoms with E-state index in [0.29, 0.717) is 6.54 Å². The molecule has 4 nitrogen and oxygen atoms in total. The Kier molecular flexibility index (Phi) is 5.58. The van der Waals surface area contributed by atoms with Gasteiger partial charge in [-0.05, 0) is 12.5 Å². The van der Waals surface area contributed by atoms with Crippen molar-refractivity contribution in [1.82, 2.24) is 5.32 Å². The normalized spacial score (nSPS) is 14.9. The van der Waals surface area contributed by atoms with Gasteiger partial charge in [-0.1, -0.05) is 30.3 Å². The molecule has 0 aliphatic heterocycles. The molecule has 1 rings (SSSR count). The second-order valence-corrected chi connectivity index (χ2v) is 4.14.